The molecule has 0 aromatic heterocycles. The average Bonchev–Trinajstić information content (AvgIpc) is 2.86. The molecule has 0 unspecified atom stereocenters. The summed E-state index contributed by atoms with van der Waals surface area (Å²) in [5, 5.41) is 17.7. The molecule has 11 nitrogen and oxygen atoms in total. The van der Waals surface area contributed by atoms with E-state index in [1.54, 1.807) is 18.2 Å². The van der Waals surface area contributed by atoms with Gasteiger partial charge in [-0.1, -0.05) is 32.8 Å². The first-order valence-corrected chi connectivity index (χ1v) is 13.3. The Kier molecular flexibility index (Phi) is 15.7. The van der Waals surface area contributed by atoms with Crippen LogP contribution in [0.1, 0.15) is 71.3 Å². The van der Waals surface area contributed by atoms with Gasteiger partial charge >= 0.3 is 6.03 Å². The molecule has 0 aliphatic heterocycles. The van der Waals surface area contributed by atoms with Crippen LogP contribution < -0.4 is 32.2 Å². The Bertz CT molecular complexity index is 908. The number of primary amides is 1. The molecule has 0 saturated heterocycles. The van der Waals surface area contributed by atoms with Crippen LogP contribution >= 0.6 is 0 Å². The molecule has 0 saturated carbocycles. The van der Waals surface area contributed by atoms with E-state index in [4.69, 9.17) is 16.2 Å². The summed E-state index contributed by atoms with van der Waals surface area (Å²) >= 11 is 0. The number of hydrogen-bond donors (Lipinski definition) is 6. The maximum atomic E-state index is 13.3. The fourth-order valence-corrected chi connectivity index (χ4v) is 4.02. The van der Waals surface area contributed by atoms with Crippen molar-refractivity contribution in [2.24, 2.45) is 23.3 Å². The minimum atomic E-state index is -0.708. The van der Waals surface area contributed by atoms with E-state index >= 15 is 0 Å². The highest BCUT2D eigenvalue weighted by Crippen LogP contribution is 2.26. The third-order valence-corrected chi connectivity index (χ3v) is 6.08. The van der Waals surface area contributed by atoms with Crippen molar-refractivity contribution in [1.29, 1.82) is 0 Å². The van der Waals surface area contributed by atoms with Gasteiger partial charge in [0.1, 0.15) is 5.75 Å². The highest BCUT2D eigenvalue weighted by atomic mass is 16.5. The molecular weight excluding hydrogens is 490 g/mol. The Morgan fingerprint density at radius 3 is 2.37 bits per heavy atom. The number of carbonyl (C=O) groups excluding carboxylic acids is 4. The lowest BCUT2D eigenvalue weighted by Gasteiger charge is -2.23. The van der Waals surface area contributed by atoms with Crippen molar-refractivity contribution >= 4 is 29.3 Å². The second-order valence-electron chi connectivity index (χ2n) is 9.74. The molecule has 38 heavy (non-hydrogen) atoms. The molecule has 0 aliphatic carbocycles. The minimum absolute atomic E-state index is 0.0770. The number of carbonyl (C=O) groups is 4. The molecule has 1 aromatic carbocycles. The van der Waals surface area contributed by atoms with Crippen molar-refractivity contribution in [2.45, 2.75) is 78.4 Å². The van der Waals surface area contributed by atoms with E-state index in [-0.39, 0.29) is 43.1 Å². The molecule has 8 N–H and O–H groups in total. The van der Waals surface area contributed by atoms with E-state index in [1.807, 2.05) is 13.8 Å². The zero-order valence-electron chi connectivity index (χ0n) is 22.9. The number of nitrogens with one attached hydrogen (secondary N) is 3. The molecule has 1 rings (SSSR count). The summed E-state index contributed by atoms with van der Waals surface area (Å²) in [7, 11) is 0. The Hall–Kier alpha value is -3.18. The Balaban J connectivity index is 2.95. The monoisotopic (exact) mass is 535 g/mol. The van der Waals surface area contributed by atoms with Crippen molar-refractivity contribution in [3.05, 3.63) is 23.8 Å². The molecule has 0 spiro atoms. The lowest BCUT2D eigenvalue weighted by Crippen LogP contribution is -2.44. The number of anilines is 1. The maximum absolute atomic E-state index is 13.3. The van der Waals surface area contributed by atoms with Gasteiger partial charge in [0, 0.05) is 43.1 Å². The maximum Gasteiger partial charge on any atom is 0.312 e. The standard InChI is InChI=1S/C27H45N5O6/c1-18(2)25(31-19(3)34)23(35)15-20(9-8-13-30-27(29)37)26(36)32-22-11-10-21(17-33)24(16-22)38-14-7-5-4-6-12-28/h10-11,16,18,20,25,33H,4-9,12-15,17,28H2,1-3H3,(H,31,34)(H,32,36)(H3,29,30,37)/t20-,25+/m1/s1. The van der Waals surface area contributed by atoms with Gasteiger partial charge < -0.3 is 37.3 Å². The van der Waals surface area contributed by atoms with Crippen molar-refractivity contribution in [3.63, 3.8) is 0 Å². The smallest absolute Gasteiger partial charge is 0.312 e. The number of Topliss-reactive ketones (excluding diaryl/α,β-unsaturated/α-hetero) is 1. The van der Waals surface area contributed by atoms with Crippen LogP contribution in [0.3, 0.4) is 0 Å². The molecule has 4 amide bonds. The first-order chi connectivity index (χ1) is 18.1. The van der Waals surface area contributed by atoms with Crippen molar-refractivity contribution in [1.82, 2.24) is 10.6 Å². The second-order valence-corrected chi connectivity index (χ2v) is 9.74. The van der Waals surface area contributed by atoms with Crippen LogP contribution in [0.2, 0.25) is 0 Å². The van der Waals surface area contributed by atoms with Gasteiger partial charge in [-0.25, -0.2) is 4.79 Å². The summed E-state index contributed by atoms with van der Waals surface area (Å²) in [5.41, 5.74) is 11.7. The van der Waals surface area contributed by atoms with E-state index in [2.05, 4.69) is 16.0 Å². The molecule has 214 valence electrons. The quantitative estimate of drug-likeness (QED) is 0.147. The number of urea groups is 1. The molecule has 11 heteroatoms. The number of hydrogen-bond acceptors (Lipinski definition) is 7. The number of aliphatic hydroxyl groups excluding tert-OH is 1. The van der Waals surface area contributed by atoms with Crippen LogP contribution in [-0.2, 0) is 21.0 Å². The Morgan fingerprint density at radius 2 is 1.76 bits per heavy atom. The fraction of sp³-hybridized carbons (Fsp3) is 0.630. The van der Waals surface area contributed by atoms with Crippen LogP contribution in [0, 0.1) is 11.8 Å². The number of ketones is 1. The van der Waals surface area contributed by atoms with E-state index < -0.39 is 18.0 Å². The predicted molar refractivity (Wildman–Crippen MR) is 146 cm³/mol. The highest BCUT2D eigenvalue weighted by Gasteiger charge is 2.29. The normalized spacial score (nSPS) is 12.5. The molecule has 0 aliphatic rings. The number of unbranched alkanes of at least 4 members (excludes halogenated alkanes) is 3. The van der Waals surface area contributed by atoms with Gasteiger partial charge in [-0.3, -0.25) is 14.4 Å². The van der Waals surface area contributed by atoms with Crippen LogP contribution in [-0.4, -0.2) is 54.5 Å². The van der Waals surface area contributed by atoms with E-state index in [0.29, 0.717) is 43.0 Å². The van der Waals surface area contributed by atoms with Crippen LogP contribution in [0.15, 0.2) is 18.2 Å². The molecule has 0 bridgehead atoms. The predicted octanol–water partition coefficient (Wildman–Crippen LogP) is 2.20. The van der Waals surface area contributed by atoms with E-state index in [9.17, 15) is 24.3 Å². The third-order valence-electron chi connectivity index (χ3n) is 6.08. The number of benzene rings is 1. The average molecular weight is 536 g/mol. The fourth-order valence-electron chi connectivity index (χ4n) is 4.02. The molecule has 0 radical (unpaired) electrons. The summed E-state index contributed by atoms with van der Waals surface area (Å²) in [5.74, 6) is -1.29. The number of aliphatic hydroxyl groups is 1. The molecule has 1 aromatic rings. The number of nitrogens with two attached hydrogens (primary N) is 2. The largest absolute Gasteiger partial charge is 0.493 e. The minimum Gasteiger partial charge on any atom is -0.493 e. The zero-order chi connectivity index (χ0) is 28.5. The van der Waals surface area contributed by atoms with Gasteiger partial charge in [-0.15, -0.1) is 0 Å². The highest BCUT2D eigenvalue weighted by molar-refractivity contribution is 5.97. The Labute approximate surface area is 225 Å². The third kappa shape index (κ3) is 12.9. The van der Waals surface area contributed by atoms with Crippen molar-refractivity contribution in [3.8, 4) is 5.75 Å². The summed E-state index contributed by atoms with van der Waals surface area (Å²) in [6.45, 7) is 6.19. The van der Waals surface area contributed by atoms with Crippen molar-refractivity contribution in [2.75, 3.05) is 25.0 Å². The van der Waals surface area contributed by atoms with Gasteiger partial charge in [0.2, 0.25) is 11.8 Å². The lowest BCUT2D eigenvalue weighted by atomic mass is 9.89. The first-order valence-electron chi connectivity index (χ1n) is 13.3. The number of ether oxygens (including phenoxy) is 1. The SMILES string of the molecule is CC(=O)N[C@H](C(=O)C[C@@H](CCCNC(N)=O)C(=O)Nc1ccc(CO)c(OCCCCCCN)c1)C(C)C. The number of amides is 4. The summed E-state index contributed by atoms with van der Waals surface area (Å²) < 4.78 is 5.86. The topological polar surface area (TPSA) is 186 Å². The first kappa shape index (κ1) is 32.8. The van der Waals surface area contributed by atoms with Crippen LogP contribution in [0.5, 0.6) is 5.75 Å². The van der Waals surface area contributed by atoms with Gasteiger partial charge in [-0.05, 0) is 44.2 Å². The summed E-state index contributed by atoms with van der Waals surface area (Å²) in [6.07, 6.45) is 4.50. The van der Waals surface area contributed by atoms with Gasteiger partial charge in [0.25, 0.3) is 0 Å². The molecular formula is C27H45N5O6. The van der Waals surface area contributed by atoms with E-state index in [0.717, 1.165) is 25.7 Å². The summed E-state index contributed by atoms with van der Waals surface area (Å²) in [6, 6.07) is 3.63. The van der Waals surface area contributed by atoms with Crippen LogP contribution in [0.4, 0.5) is 10.5 Å². The molecule has 0 fully saturated rings. The summed E-state index contributed by atoms with van der Waals surface area (Å²) in [4.78, 5) is 48.9. The van der Waals surface area contributed by atoms with Gasteiger partial charge in [-0.2, -0.15) is 0 Å². The van der Waals surface area contributed by atoms with Gasteiger partial charge in [0.05, 0.1) is 19.3 Å². The van der Waals surface area contributed by atoms with E-state index in [1.165, 1.54) is 6.92 Å². The molecule has 2 atom stereocenters. The number of rotatable bonds is 19. The van der Waals surface area contributed by atoms with Gasteiger partial charge in [0.15, 0.2) is 5.78 Å². The molecule has 0 heterocycles. The second kappa shape index (κ2) is 18.1. The zero-order valence-corrected chi connectivity index (χ0v) is 22.9. The lowest BCUT2D eigenvalue weighted by molar-refractivity contribution is -0.130. The van der Waals surface area contributed by atoms with Crippen molar-refractivity contribution < 1.29 is 29.0 Å². The van der Waals surface area contributed by atoms with Crippen LogP contribution in [0.25, 0.3) is 0 Å². The Morgan fingerprint density at radius 1 is 1.05 bits per heavy atom.